The molecule has 0 aliphatic carbocycles. The van der Waals surface area contributed by atoms with Gasteiger partial charge in [-0.25, -0.2) is 0 Å². The number of rotatable bonds is 7. The number of carbonyl (C=O) groups is 1. The minimum atomic E-state index is -0.439. The molecule has 1 aliphatic rings. The Bertz CT molecular complexity index is 1100. The van der Waals surface area contributed by atoms with Gasteiger partial charge in [0.05, 0.1) is 29.1 Å². The first-order valence-electron chi connectivity index (χ1n) is 10.4. The summed E-state index contributed by atoms with van der Waals surface area (Å²) in [6, 6.07) is 17.7. The molecule has 1 saturated heterocycles. The summed E-state index contributed by atoms with van der Waals surface area (Å²) in [5.74, 6) is 0.578. The number of hydrogen-bond donors (Lipinski definition) is 2. The third kappa shape index (κ3) is 5.11. The van der Waals surface area contributed by atoms with E-state index >= 15 is 0 Å². The topological polar surface area (TPSA) is 108 Å². The molecule has 0 bridgehead atoms. The Kier molecular flexibility index (Phi) is 6.29. The first kappa shape index (κ1) is 20.6. The smallest absolute Gasteiger partial charge is 0.252 e. The van der Waals surface area contributed by atoms with Gasteiger partial charge in [-0.1, -0.05) is 24.3 Å². The van der Waals surface area contributed by atoms with Crippen molar-refractivity contribution in [2.75, 3.05) is 13.1 Å². The van der Waals surface area contributed by atoms with E-state index in [4.69, 9.17) is 15.7 Å². The number of nitrogens with one attached hydrogen (secondary N) is 1. The molecule has 7 nitrogen and oxygen atoms in total. The lowest BCUT2D eigenvalue weighted by molar-refractivity contribution is 0.0997. The zero-order valence-corrected chi connectivity index (χ0v) is 17.3. The van der Waals surface area contributed by atoms with Crippen molar-refractivity contribution in [3.8, 4) is 11.8 Å². The van der Waals surface area contributed by atoms with Gasteiger partial charge in [-0.05, 0) is 54.8 Å². The monoisotopic (exact) mass is 415 g/mol. The van der Waals surface area contributed by atoms with Crippen LogP contribution in [0.5, 0.6) is 5.75 Å². The number of benzene rings is 2. The Morgan fingerprint density at radius 3 is 2.94 bits per heavy atom. The molecule has 3 aromatic rings. The first-order chi connectivity index (χ1) is 15.1. The molecule has 7 heteroatoms. The molecule has 4 rings (SSSR count). The number of H-pyrrole nitrogens is 1. The van der Waals surface area contributed by atoms with Gasteiger partial charge in [0, 0.05) is 19.0 Å². The second kappa shape index (κ2) is 9.45. The van der Waals surface area contributed by atoms with Crippen LogP contribution in [0.1, 0.15) is 51.5 Å². The molecule has 2 aromatic carbocycles. The fraction of sp³-hybridized carbons (Fsp3) is 0.292. The number of aromatic amines is 1. The summed E-state index contributed by atoms with van der Waals surface area (Å²) in [5.41, 5.74) is 9.58. The largest absolute Gasteiger partial charge is 0.489 e. The van der Waals surface area contributed by atoms with Crippen LogP contribution in [0.2, 0.25) is 0 Å². The summed E-state index contributed by atoms with van der Waals surface area (Å²) in [5, 5.41) is 16.0. The minimum Gasteiger partial charge on any atom is -0.489 e. The van der Waals surface area contributed by atoms with Crippen molar-refractivity contribution in [3.63, 3.8) is 0 Å². The Morgan fingerprint density at radius 2 is 2.10 bits per heavy atom. The standard InChI is InChI=1S/C24H25N5O2/c25-12-17-4-1-6-19(10-17)16-31-21-8-2-5-18(11-21)14-29-9-3-7-20(15-29)23-22(24(26)30)13-27-28-23/h1-2,4-6,8,10-11,13,20H,3,7,9,14-16H2,(H2,26,30)(H,27,28)/t20-/m1/s1. The Morgan fingerprint density at radius 1 is 1.26 bits per heavy atom. The summed E-state index contributed by atoms with van der Waals surface area (Å²) < 4.78 is 5.95. The summed E-state index contributed by atoms with van der Waals surface area (Å²) in [6.45, 7) is 3.06. The number of ether oxygens (including phenoxy) is 1. The number of hydrogen-bond acceptors (Lipinski definition) is 5. The van der Waals surface area contributed by atoms with E-state index in [1.54, 1.807) is 6.07 Å². The normalized spacial score (nSPS) is 16.5. The molecule has 158 valence electrons. The molecule has 3 N–H and O–H groups in total. The van der Waals surface area contributed by atoms with E-state index in [1.165, 1.54) is 11.8 Å². The molecule has 0 radical (unpaired) electrons. The summed E-state index contributed by atoms with van der Waals surface area (Å²) in [7, 11) is 0. The first-order valence-corrected chi connectivity index (χ1v) is 10.4. The summed E-state index contributed by atoms with van der Waals surface area (Å²) in [4.78, 5) is 14.0. The van der Waals surface area contributed by atoms with Crippen LogP contribution in [0.3, 0.4) is 0 Å². The van der Waals surface area contributed by atoms with Gasteiger partial charge in [-0.15, -0.1) is 0 Å². The second-order valence-electron chi connectivity index (χ2n) is 7.88. The van der Waals surface area contributed by atoms with Gasteiger partial charge >= 0.3 is 0 Å². The molecule has 1 atom stereocenters. The number of nitrogens with two attached hydrogens (primary N) is 1. The molecule has 1 amide bonds. The van der Waals surface area contributed by atoms with E-state index in [-0.39, 0.29) is 5.92 Å². The zero-order valence-electron chi connectivity index (χ0n) is 17.3. The van der Waals surface area contributed by atoms with Gasteiger partial charge in [0.1, 0.15) is 12.4 Å². The van der Waals surface area contributed by atoms with E-state index in [0.717, 1.165) is 49.5 Å². The highest BCUT2D eigenvalue weighted by atomic mass is 16.5. The third-order valence-corrected chi connectivity index (χ3v) is 5.61. The van der Waals surface area contributed by atoms with Crippen molar-refractivity contribution in [1.29, 1.82) is 5.26 Å². The molecule has 31 heavy (non-hydrogen) atoms. The predicted molar refractivity (Wildman–Crippen MR) is 116 cm³/mol. The molecule has 0 saturated carbocycles. The Hall–Kier alpha value is -3.63. The average molecular weight is 415 g/mol. The van der Waals surface area contributed by atoms with Gasteiger partial charge in [-0.2, -0.15) is 10.4 Å². The Labute approximate surface area is 181 Å². The van der Waals surface area contributed by atoms with Crippen molar-refractivity contribution in [3.05, 3.63) is 82.7 Å². The van der Waals surface area contributed by atoms with E-state index in [1.807, 2.05) is 30.3 Å². The van der Waals surface area contributed by atoms with Crippen molar-refractivity contribution in [2.45, 2.75) is 31.9 Å². The highest BCUT2D eigenvalue weighted by molar-refractivity contribution is 5.93. The Balaban J connectivity index is 1.38. The van der Waals surface area contributed by atoms with Crippen LogP contribution in [-0.2, 0) is 13.2 Å². The van der Waals surface area contributed by atoms with E-state index in [2.05, 4.69) is 33.3 Å². The molecule has 1 fully saturated rings. The van der Waals surface area contributed by atoms with Crippen LogP contribution < -0.4 is 10.5 Å². The van der Waals surface area contributed by atoms with Gasteiger partial charge in [-0.3, -0.25) is 14.8 Å². The SMILES string of the molecule is N#Cc1cccc(COc2cccc(CN3CCC[C@@H](c4[nH]ncc4C(N)=O)C3)c2)c1. The minimum absolute atomic E-state index is 0.214. The number of piperidine rings is 1. The number of carbonyl (C=O) groups excluding carboxylic acids is 1. The number of nitriles is 1. The van der Waals surface area contributed by atoms with Crippen LogP contribution in [0.4, 0.5) is 0 Å². The lowest BCUT2D eigenvalue weighted by Crippen LogP contribution is -2.34. The molecule has 0 unspecified atom stereocenters. The highest BCUT2D eigenvalue weighted by Crippen LogP contribution is 2.29. The van der Waals surface area contributed by atoms with E-state index in [0.29, 0.717) is 17.7 Å². The maximum absolute atomic E-state index is 11.7. The average Bonchev–Trinajstić information content (AvgIpc) is 3.29. The fourth-order valence-corrected chi connectivity index (χ4v) is 4.13. The molecular formula is C24H25N5O2. The quantitative estimate of drug-likeness (QED) is 0.615. The van der Waals surface area contributed by atoms with Crippen LogP contribution in [-0.4, -0.2) is 34.1 Å². The molecule has 1 aromatic heterocycles. The van der Waals surface area contributed by atoms with Gasteiger partial charge in [0.15, 0.2) is 0 Å². The molecule has 2 heterocycles. The van der Waals surface area contributed by atoms with Crippen LogP contribution in [0, 0.1) is 11.3 Å². The molecule has 0 spiro atoms. The van der Waals surface area contributed by atoms with Gasteiger partial charge in [0.25, 0.3) is 5.91 Å². The molecule has 1 aliphatic heterocycles. The maximum atomic E-state index is 11.7. The summed E-state index contributed by atoms with van der Waals surface area (Å²) in [6.07, 6.45) is 3.57. The number of primary amides is 1. The van der Waals surface area contributed by atoms with E-state index in [9.17, 15) is 4.79 Å². The van der Waals surface area contributed by atoms with Crippen molar-refractivity contribution in [1.82, 2.24) is 15.1 Å². The lowest BCUT2D eigenvalue weighted by Gasteiger charge is -2.32. The van der Waals surface area contributed by atoms with Gasteiger partial charge < -0.3 is 10.5 Å². The number of amides is 1. The highest BCUT2D eigenvalue weighted by Gasteiger charge is 2.26. The lowest BCUT2D eigenvalue weighted by atomic mass is 9.92. The number of aromatic nitrogens is 2. The van der Waals surface area contributed by atoms with Crippen LogP contribution in [0.25, 0.3) is 0 Å². The third-order valence-electron chi connectivity index (χ3n) is 5.61. The van der Waals surface area contributed by atoms with Gasteiger partial charge in [0.2, 0.25) is 0 Å². The number of nitrogens with zero attached hydrogens (tertiary/aromatic N) is 3. The summed E-state index contributed by atoms with van der Waals surface area (Å²) >= 11 is 0. The van der Waals surface area contributed by atoms with Crippen LogP contribution in [0.15, 0.2) is 54.7 Å². The van der Waals surface area contributed by atoms with Crippen molar-refractivity contribution in [2.24, 2.45) is 5.73 Å². The zero-order chi connectivity index (χ0) is 21.6. The second-order valence-corrected chi connectivity index (χ2v) is 7.88. The fourth-order valence-electron chi connectivity index (χ4n) is 4.13. The maximum Gasteiger partial charge on any atom is 0.252 e. The van der Waals surface area contributed by atoms with Crippen LogP contribution >= 0.6 is 0 Å². The van der Waals surface area contributed by atoms with Crippen molar-refractivity contribution >= 4 is 5.91 Å². The molecular weight excluding hydrogens is 390 g/mol. The predicted octanol–water partition coefficient (Wildman–Crippen LogP) is 3.34. The number of likely N-dealkylation sites (tertiary alicyclic amines) is 1. The van der Waals surface area contributed by atoms with Crippen molar-refractivity contribution < 1.29 is 9.53 Å². The van der Waals surface area contributed by atoms with E-state index < -0.39 is 5.91 Å².